The molecule has 1 fully saturated rings. The summed E-state index contributed by atoms with van der Waals surface area (Å²) in [4.78, 5) is 25.6. The van der Waals surface area contributed by atoms with Crippen molar-refractivity contribution in [3.05, 3.63) is 70.8 Å². The number of amides is 3. The first-order chi connectivity index (χ1) is 12.5. The molecule has 9 heteroatoms. The summed E-state index contributed by atoms with van der Waals surface area (Å²) in [5.41, 5.74) is -3.10. The molecule has 1 heterocycles. The molecule has 0 bridgehead atoms. The van der Waals surface area contributed by atoms with Crippen LogP contribution in [0.15, 0.2) is 42.5 Å². The van der Waals surface area contributed by atoms with Gasteiger partial charge < -0.3 is 5.32 Å². The van der Waals surface area contributed by atoms with E-state index in [0.717, 1.165) is 36.4 Å². The lowest BCUT2D eigenvalue weighted by Gasteiger charge is -2.23. The number of urea groups is 1. The normalized spacial score (nSPS) is 20.1. The summed E-state index contributed by atoms with van der Waals surface area (Å²) >= 11 is 0. The van der Waals surface area contributed by atoms with Gasteiger partial charge >= 0.3 is 12.2 Å². The van der Waals surface area contributed by atoms with Crippen molar-refractivity contribution in [1.29, 1.82) is 0 Å². The van der Waals surface area contributed by atoms with Crippen LogP contribution in [0.2, 0.25) is 0 Å². The van der Waals surface area contributed by atoms with Gasteiger partial charge in [0.05, 0.1) is 12.1 Å². The maximum atomic E-state index is 14.1. The second kappa shape index (κ2) is 6.33. The molecule has 3 amide bonds. The van der Waals surface area contributed by atoms with Crippen molar-refractivity contribution in [3.8, 4) is 0 Å². The number of nitrogens with one attached hydrogen (secondary N) is 1. The second-order valence-electron chi connectivity index (χ2n) is 6.27. The van der Waals surface area contributed by atoms with Crippen LogP contribution in [0.1, 0.15) is 23.6 Å². The highest BCUT2D eigenvalue weighted by Gasteiger charge is 2.50. The average Bonchev–Trinajstić information content (AvgIpc) is 2.81. The molecule has 0 unspecified atom stereocenters. The van der Waals surface area contributed by atoms with Crippen LogP contribution >= 0.6 is 0 Å². The summed E-state index contributed by atoms with van der Waals surface area (Å²) in [6.45, 7) is 0.762. The second-order valence-corrected chi connectivity index (χ2v) is 6.27. The fourth-order valence-electron chi connectivity index (χ4n) is 2.93. The van der Waals surface area contributed by atoms with Gasteiger partial charge in [-0.25, -0.2) is 13.6 Å². The summed E-state index contributed by atoms with van der Waals surface area (Å²) in [5.74, 6) is -2.59. The van der Waals surface area contributed by atoms with Crippen LogP contribution in [0.5, 0.6) is 0 Å². The van der Waals surface area contributed by atoms with Crippen molar-refractivity contribution >= 4 is 11.9 Å². The van der Waals surface area contributed by atoms with Crippen LogP contribution in [-0.2, 0) is 23.1 Å². The molecular weight excluding hydrogens is 371 g/mol. The minimum Gasteiger partial charge on any atom is -0.319 e. The van der Waals surface area contributed by atoms with Gasteiger partial charge in [-0.05, 0) is 42.8 Å². The summed E-state index contributed by atoms with van der Waals surface area (Å²) in [5, 5.41) is 2.29. The van der Waals surface area contributed by atoms with E-state index in [-0.39, 0.29) is 11.1 Å². The zero-order valence-corrected chi connectivity index (χ0v) is 13.9. The third-order valence-electron chi connectivity index (χ3n) is 4.34. The minimum atomic E-state index is -4.58. The standard InChI is InChI=1S/C18H13F5N2O2/c1-17(13-8-12(19)5-6-14(13)20)15(26)25(16(27)24-17)9-10-3-2-4-11(7-10)18(21,22)23/h2-8H,9H2,1H3,(H,24,27)/t17-/m1/s1. The van der Waals surface area contributed by atoms with Crippen LogP contribution in [0.25, 0.3) is 0 Å². The Morgan fingerprint density at radius 2 is 1.78 bits per heavy atom. The van der Waals surface area contributed by atoms with Crippen LogP contribution < -0.4 is 5.32 Å². The Labute approximate surface area is 150 Å². The molecule has 0 saturated carbocycles. The Hall–Kier alpha value is -2.97. The van der Waals surface area contributed by atoms with Gasteiger partial charge in [-0.3, -0.25) is 9.69 Å². The van der Waals surface area contributed by atoms with Crippen molar-refractivity contribution in [3.63, 3.8) is 0 Å². The van der Waals surface area contributed by atoms with Crippen molar-refractivity contribution in [1.82, 2.24) is 10.2 Å². The minimum absolute atomic E-state index is 0.0669. The number of benzene rings is 2. The van der Waals surface area contributed by atoms with Gasteiger partial charge in [-0.1, -0.05) is 12.1 Å². The molecule has 0 aromatic heterocycles. The lowest BCUT2D eigenvalue weighted by atomic mass is 9.91. The topological polar surface area (TPSA) is 49.4 Å². The predicted molar refractivity (Wildman–Crippen MR) is 84.2 cm³/mol. The number of halogens is 5. The van der Waals surface area contributed by atoms with Gasteiger partial charge in [-0.15, -0.1) is 0 Å². The zero-order chi connectivity index (χ0) is 20.0. The van der Waals surface area contributed by atoms with Crippen LogP contribution in [-0.4, -0.2) is 16.8 Å². The number of hydrogen-bond acceptors (Lipinski definition) is 2. The molecule has 2 aromatic rings. The van der Waals surface area contributed by atoms with Crippen LogP contribution in [0, 0.1) is 11.6 Å². The predicted octanol–water partition coefficient (Wildman–Crippen LogP) is 3.95. The Balaban J connectivity index is 1.92. The Morgan fingerprint density at radius 3 is 2.44 bits per heavy atom. The summed E-state index contributed by atoms with van der Waals surface area (Å²) in [6, 6.07) is 5.73. The average molecular weight is 384 g/mol. The fourth-order valence-corrected chi connectivity index (χ4v) is 2.93. The zero-order valence-electron chi connectivity index (χ0n) is 13.9. The maximum Gasteiger partial charge on any atom is 0.416 e. The fraction of sp³-hybridized carbons (Fsp3) is 0.222. The molecule has 0 aliphatic carbocycles. The first-order valence-corrected chi connectivity index (χ1v) is 7.78. The van der Waals surface area contributed by atoms with Gasteiger partial charge in [0, 0.05) is 5.56 Å². The summed E-state index contributed by atoms with van der Waals surface area (Å²) in [6.07, 6.45) is -4.58. The molecule has 1 N–H and O–H groups in total. The quantitative estimate of drug-likeness (QED) is 0.644. The molecule has 1 aliphatic heterocycles. The largest absolute Gasteiger partial charge is 0.416 e. The molecule has 3 rings (SSSR count). The molecule has 0 spiro atoms. The van der Waals surface area contributed by atoms with Gasteiger partial charge in [0.25, 0.3) is 5.91 Å². The van der Waals surface area contributed by atoms with Crippen molar-refractivity contribution in [2.45, 2.75) is 25.2 Å². The number of nitrogens with zero attached hydrogens (tertiary/aromatic N) is 1. The van der Waals surface area contributed by atoms with Gasteiger partial charge in [0.1, 0.15) is 17.2 Å². The van der Waals surface area contributed by atoms with Gasteiger partial charge in [0.15, 0.2) is 0 Å². The molecule has 2 aromatic carbocycles. The van der Waals surface area contributed by atoms with Gasteiger partial charge in [-0.2, -0.15) is 13.2 Å². The van der Waals surface area contributed by atoms with E-state index < -0.39 is 47.4 Å². The van der Waals surface area contributed by atoms with Crippen LogP contribution in [0.4, 0.5) is 26.7 Å². The molecule has 27 heavy (non-hydrogen) atoms. The number of imide groups is 1. The SMILES string of the molecule is C[C@]1(c2cc(F)ccc2F)NC(=O)N(Cc2cccc(C(F)(F)F)c2)C1=O. The number of rotatable bonds is 3. The molecule has 1 aliphatic rings. The summed E-state index contributed by atoms with van der Waals surface area (Å²) in [7, 11) is 0. The van der Waals surface area contributed by atoms with E-state index in [4.69, 9.17) is 0 Å². The molecule has 0 radical (unpaired) electrons. The van der Waals surface area contributed by atoms with Crippen molar-refractivity contribution in [2.75, 3.05) is 0 Å². The third kappa shape index (κ3) is 3.36. The molecule has 1 saturated heterocycles. The highest BCUT2D eigenvalue weighted by atomic mass is 19.4. The first kappa shape index (κ1) is 18.8. The molecular formula is C18H13F5N2O2. The van der Waals surface area contributed by atoms with Crippen LogP contribution in [0.3, 0.4) is 0 Å². The van der Waals surface area contributed by atoms with E-state index in [1.807, 2.05) is 0 Å². The van der Waals surface area contributed by atoms with Crippen molar-refractivity contribution < 1.29 is 31.5 Å². The molecule has 1 atom stereocenters. The van der Waals surface area contributed by atoms with E-state index in [1.54, 1.807) is 0 Å². The number of alkyl halides is 3. The van der Waals surface area contributed by atoms with Crippen molar-refractivity contribution in [2.24, 2.45) is 0 Å². The monoisotopic (exact) mass is 384 g/mol. The lowest BCUT2D eigenvalue weighted by Crippen LogP contribution is -2.41. The Kier molecular flexibility index (Phi) is 4.41. The third-order valence-corrected chi connectivity index (χ3v) is 4.34. The lowest BCUT2D eigenvalue weighted by molar-refractivity contribution is -0.137. The first-order valence-electron chi connectivity index (χ1n) is 7.78. The van der Waals surface area contributed by atoms with E-state index in [1.165, 1.54) is 13.0 Å². The number of hydrogen-bond donors (Lipinski definition) is 1. The number of carbonyl (C=O) groups excluding carboxylic acids is 2. The molecule has 4 nitrogen and oxygen atoms in total. The van der Waals surface area contributed by atoms with Gasteiger partial charge in [0.2, 0.25) is 0 Å². The maximum absolute atomic E-state index is 14.1. The molecule has 142 valence electrons. The Bertz CT molecular complexity index is 928. The highest BCUT2D eigenvalue weighted by Crippen LogP contribution is 2.33. The Morgan fingerprint density at radius 1 is 1.07 bits per heavy atom. The van der Waals surface area contributed by atoms with E-state index in [9.17, 15) is 31.5 Å². The smallest absolute Gasteiger partial charge is 0.319 e. The van der Waals surface area contributed by atoms with E-state index in [0.29, 0.717) is 4.90 Å². The number of carbonyl (C=O) groups is 2. The van der Waals surface area contributed by atoms with E-state index in [2.05, 4.69) is 5.32 Å². The summed E-state index contributed by atoms with van der Waals surface area (Å²) < 4.78 is 66.0. The highest BCUT2D eigenvalue weighted by molar-refractivity contribution is 6.07. The van der Waals surface area contributed by atoms with E-state index >= 15 is 0 Å².